The third kappa shape index (κ3) is 3.26. The Morgan fingerprint density at radius 3 is 3.06 bits per heavy atom. The normalized spacial score (nSPS) is 17.1. The van der Waals surface area contributed by atoms with E-state index >= 15 is 0 Å². The molecule has 0 saturated carbocycles. The van der Waals surface area contributed by atoms with Gasteiger partial charge in [-0.2, -0.15) is 0 Å². The highest BCUT2D eigenvalue weighted by Gasteiger charge is 2.19. The molecule has 1 amide bonds. The second kappa shape index (κ2) is 6.24. The SMILES string of the molecule is CN(Cc1csc(C(=O)NN)n1)C1CCNCC1. The van der Waals surface area contributed by atoms with Crippen molar-refractivity contribution in [1.29, 1.82) is 0 Å². The highest BCUT2D eigenvalue weighted by molar-refractivity contribution is 7.11. The highest BCUT2D eigenvalue weighted by atomic mass is 32.1. The number of hydrazine groups is 1. The molecule has 100 valence electrons. The van der Waals surface area contributed by atoms with E-state index in [9.17, 15) is 4.79 Å². The van der Waals surface area contributed by atoms with Gasteiger partial charge in [0.05, 0.1) is 5.69 Å². The lowest BCUT2D eigenvalue weighted by molar-refractivity contribution is 0.0953. The van der Waals surface area contributed by atoms with Crippen LogP contribution in [0.2, 0.25) is 0 Å². The third-order valence-electron chi connectivity index (χ3n) is 3.22. The predicted octanol–water partition coefficient (Wildman–Crippen LogP) is -0.0696. The largest absolute Gasteiger partial charge is 0.317 e. The first-order chi connectivity index (χ1) is 8.70. The molecular weight excluding hydrogens is 250 g/mol. The van der Waals surface area contributed by atoms with E-state index < -0.39 is 0 Å². The van der Waals surface area contributed by atoms with Gasteiger partial charge in [0.1, 0.15) is 0 Å². The molecule has 1 saturated heterocycles. The van der Waals surface area contributed by atoms with Crippen molar-refractivity contribution in [2.75, 3.05) is 20.1 Å². The zero-order valence-electron chi connectivity index (χ0n) is 10.5. The van der Waals surface area contributed by atoms with E-state index in [-0.39, 0.29) is 5.91 Å². The Morgan fingerprint density at radius 1 is 1.67 bits per heavy atom. The van der Waals surface area contributed by atoms with Gasteiger partial charge in [-0.05, 0) is 33.0 Å². The van der Waals surface area contributed by atoms with Gasteiger partial charge in [0.25, 0.3) is 5.91 Å². The van der Waals surface area contributed by atoms with Crippen molar-refractivity contribution in [1.82, 2.24) is 20.6 Å². The van der Waals surface area contributed by atoms with Gasteiger partial charge < -0.3 is 5.32 Å². The Hall–Kier alpha value is -1.02. The monoisotopic (exact) mass is 269 g/mol. The summed E-state index contributed by atoms with van der Waals surface area (Å²) < 4.78 is 0. The van der Waals surface area contributed by atoms with Crippen molar-refractivity contribution in [2.45, 2.75) is 25.4 Å². The molecule has 4 N–H and O–H groups in total. The number of carbonyl (C=O) groups excluding carboxylic acids is 1. The van der Waals surface area contributed by atoms with Crippen LogP contribution in [0.5, 0.6) is 0 Å². The van der Waals surface area contributed by atoms with Gasteiger partial charge in [-0.15, -0.1) is 11.3 Å². The van der Waals surface area contributed by atoms with Crippen LogP contribution in [-0.2, 0) is 6.54 Å². The fourth-order valence-electron chi connectivity index (χ4n) is 2.18. The number of nitrogens with two attached hydrogens (primary N) is 1. The Kier molecular flexibility index (Phi) is 4.65. The number of amides is 1. The maximum Gasteiger partial charge on any atom is 0.294 e. The van der Waals surface area contributed by atoms with Crippen molar-refractivity contribution in [3.8, 4) is 0 Å². The molecule has 2 heterocycles. The number of piperidine rings is 1. The van der Waals surface area contributed by atoms with Gasteiger partial charge in [-0.3, -0.25) is 15.1 Å². The van der Waals surface area contributed by atoms with E-state index in [2.05, 4.69) is 27.7 Å². The molecule has 1 aliphatic rings. The molecule has 1 aromatic heterocycles. The van der Waals surface area contributed by atoms with Crippen molar-refractivity contribution in [2.24, 2.45) is 5.84 Å². The topological polar surface area (TPSA) is 83.3 Å². The molecule has 1 aliphatic heterocycles. The number of nitrogens with one attached hydrogen (secondary N) is 2. The average molecular weight is 269 g/mol. The van der Waals surface area contributed by atoms with Crippen LogP contribution in [0.1, 0.15) is 28.3 Å². The number of aromatic nitrogens is 1. The lowest BCUT2D eigenvalue weighted by atomic mass is 10.1. The number of thiazole rings is 1. The molecule has 0 bridgehead atoms. The van der Waals surface area contributed by atoms with Gasteiger partial charge in [-0.25, -0.2) is 10.8 Å². The van der Waals surface area contributed by atoms with Gasteiger partial charge in [0.2, 0.25) is 0 Å². The van der Waals surface area contributed by atoms with E-state index in [0.29, 0.717) is 11.0 Å². The van der Waals surface area contributed by atoms with Crippen molar-refractivity contribution in [3.05, 3.63) is 16.1 Å². The lowest BCUT2D eigenvalue weighted by Gasteiger charge is -2.31. The van der Waals surface area contributed by atoms with E-state index in [4.69, 9.17) is 5.84 Å². The summed E-state index contributed by atoms with van der Waals surface area (Å²) in [6.07, 6.45) is 2.33. The molecule has 6 nitrogen and oxygen atoms in total. The molecular formula is C11H19N5OS. The fraction of sp³-hybridized carbons (Fsp3) is 0.636. The van der Waals surface area contributed by atoms with Crippen LogP contribution in [0.25, 0.3) is 0 Å². The molecule has 7 heteroatoms. The molecule has 2 rings (SSSR count). The maximum atomic E-state index is 11.3. The van der Waals surface area contributed by atoms with E-state index in [1.807, 2.05) is 5.38 Å². The minimum absolute atomic E-state index is 0.323. The Labute approximate surface area is 111 Å². The van der Waals surface area contributed by atoms with Gasteiger partial charge in [0, 0.05) is 18.0 Å². The first-order valence-corrected chi connectivity index (χ1v) is 6.95. The standard InChI is InChI=1S/C11H19N5OS/c1-16(9-2-4-13-5-3-9)6-8-7-18-11(14-8)10(17)15-12/h7,9,13H,2-6,12H2,1H3,(H,15,17). The van der Waals surface area contributed by atoms with Crippen LogP contribution in [0.15, 0.2) is 5.38 Å². The number of hydrogen-bond donors (Lipinski definition) is 3. The Morgan fingerprint density at radius 2 is 2.39 bits per heavy atom. The van der Waals surface area contributed by atoms with Gasteiger partial charge >= 0.3 is 0 Å². The van der Waals surface area contributed by atoms with Crippen molar-refractivity contribution < 1.29 is 4.79 Å². The fourth-order valence-corrected chi connectivity index (χ4v) is 2.89. The number of carbonyl (C=O) groups is 1. The molecule has 0 aromatic carbocycles. The van der Waals surface area contributed by atoms with Crippen molar-refractivity contribution in [3.63, 3.8) is 0 Å². The quantitative estimate of drug-likeness (QED) is 0.405. The predicted molar refractivity (Wildman–Crippen MR) is 71.1 cm³/mol. The second-order valence-electron chi connectivity index (χ2n) is 4.51. The molecule has 0 atom stereocenters. The highest BCUT2D eigenvalue weighted by Crippen LogP contribution is 2.15. The van der Waals surface area contributed by atoms with Crippen LogP contribution in [0, 0.1) is 0 Å². The molecule has 0 aliphatic carbocycles. The number of rotatable bonds is 4. The summed E-state index contributed by atoms with van der Waals surface area (Å²) >= 11 is 1.33. The Balaban J connectivity index is 1.92. The maximum absolute atomic E-state index is 11.3. The lowest BCUT2D eigenvalue weighted by Crippen LogP contribution is -2.40. The summed E-state index contributed by atoms with van der Waals surface area (Å²) in [4.78, 5) is 17.9. The zero-order chi connectivity index (χ0) is 13.0. The Bertz CT molecular complexity index is 402. The summed E-state index contributed by atoms with van der Waals surface area (Å²) in [7, 11) is 2.11. The van der Waals surface area contributed by atoms with Crippen LogP contribution >= 0.6 is 11.3 Å². The molecule has 0 unspecified atom stereocenters. The molecule has 1 fully saturated rings. The molecule has 0 radical (unpaired) electrons. The van der Waals surface area contributed by atoms with E-state index in [1.165, 1.54) is 11.3 Å². The summed E-state index contributed by atoms with van der Waals surface area (Å²) in [5, 5.41) is 5.69. The van der Waals surface area contributed by atoms with E-state index in [0.717, 1.165) is 38.2 Å². The number of nitrogen functional groups attached to an aromatic ring is 1. The number of nitrogens with zero attached hydrogens (tertiary/aromatic N) is 2. The molecule has 18 heavy (non-hydrogen) atoms. The zero-order valence-corrected chi connectivity index (χ0v) is 11.3. The number of hydrogen-bond acceptors (Lipinski definition) is 6. The van der Waals surface area contributed by atoms with Gasteiger partial charge in [0.15, 0.2) is 5.01 Å². The summed E-state index contributed by atoms with van der Waals surface area (Å²) in [5.74, 6) is 4.76. The summed E-state index contributed by atoms with van der Waals surface area (Å²) in [5.41, 5.74) is 3.03. The average Bonchev–Trinajstić information content (AvgIpc) is 2.87. The summed E-state index contributed by atoms with van der Waals surface area (Å²) in [6.45, 7) is 2.93. The van der Waals surface area contributed by atoms with Crippen LogP contribution in [-0.4, -0.2) is 42.0 Å². The van der Waals surface area contributed by atoms with Gasteiger partial charge in [-0.1, -0.05) is 0 Å². The second-order valence-corrected chi connectivity index (χ2v) is 5.37. The van der Waals surface area contributed by atoms with Crippen molar-refractivity contribution >= 4 is 17.2 Å². The minimum atomic E-state index is -0.323. The van der Waals surface area contributed by atoms with Crippen LogP contribution in [0.3, 0.4) is 0 Å². The molecule has 0 spiro atoms. The first-order valence-electron chi connectivity index (χ1n) is 6.07. The van der Waals surface area contributed by atoms with E-state index in [1.54, 1.807) is 0 Å². The summed E-state index contributed by atoms with van der Waals surface area (Å²) in [6, 6.07) is 0.597. The van der Waals surface area contributed by atoms with Crippen LogP contribution in [0.4, 0.5) is 0 Å². The minimum Gasteiger partial charge on any atom is -0.317 e. The van der Waals surface area contributed by atoms with Crippen LogP contribution < -0.4 is 16.6 Å². The first kappa shape index (κ1) is 13.4. The third-order valence-corrected chi connectivity index (χ3v) is 4.11. The molecule has 1 aromatic rings. The smallest absolute Gasteiger partial charge is 0.294 e.